The van der Waals surface area contributed by atoms with Crippen molar-refractivity contribution in [2.45, 2.75) is 6.42 Å². The summed E-state index contributed by atoms with van der Waals surface area (Å²) in [5, 5.41) is 0. The summed E-state index contributed by atoms with van der Waals surface area (Å²) >= 11 is 3.28. The summed E-state index contributed by atoms with van der Waals surface area (Å²) in [6.45, 7) is 0. The third-order valence-corrected chi connectivity index (χ3v) is 2.79. The van der Waals surface area contributed by atoms with Gasteiger partial charge in [0.05, 0.1) is 24.9 Å². The highest BCUT2D eigenvalue weighted by Gasteiger charge is 2.10. The molecule has 1 aromatic rings. The summed E-state index contributed by atoms with van der Waals surface area (Å²) in [6, 6.07) is 3.41. The second kappa shape index (κ2) is 4.32. The number of carbonyl (C=O) groups is 1. The van der Waals surface area contributed by atoms with Crippen molar-refractivity contribution in [1.29, 1.82) is 0 Å². The summed E-state index contributed by atoms with van der Waals surface area (Å²) in [5.74, 6) is -0.310. The molecule has 0 aromatic heterocycles. The Hall–Kier alpha value is -1.23. The molecule has 0 amide bonds. The Morgan fingerprint density at radius 2 is 2.14 bits per heavy atom. The highest BCUT2D eigenvalue weighted by Crippen LogP contribution is 2.29. The number of halogens is 1. The molecule has 4 nitrogen and oxygen atoms in total. The van der Waals surface area contributed by atoms with Gasteiger partial charge in [-0.25, -0.2) is 0 Å². The monoisotopic (exact) mass is 258 g/mol. The fraction of sp³-hybridized carbons (Fsp3) is 0.222. The second-order valence-electron chi connectivity index (χ2n) is 2.79. The number of ether oxygens (including phenoxy) is 1. The maximum absolute atomic E-state index is 11.0. The molecule has 1 aromatic carbocycles. The van der Waals surface area contributed by atoms with Crippen LogP contribution < -0.4 is 11.5 Å². The number of hydrogen-bond acceptors (Lipinski definition) is 4. The van der Waals surface area contributed by atoms with Crippen LogP contribution in [-0.4, -0.2) is 13.1 Å². The summed E-state index contributed by atoms with van der Waals surface area (Å²) in [7, 11) is 1.34. The number of anilines is 2. The summed E-state index contributed by atoms with van der Waals surface area (Å²) in [5.41, 5.74) is 13.0. The molecule has 0 aliphatic heterocycles. The van der Waals surface area contributed by atoms with E-state index in [9.17, 15) is 4.79 Å². The first kappa shape index (κ1) is 10.8. The molecule has 0 heterocycles. The second-order valence-corrected chi connectivity index (χ2v) is 3.59. The zero-order chi connectivity index (χ0) is 10.7. The molecule has 0 fully saturated rings. The van der Waals surface area contributed by atoms with Gasteiger partial charge in [0, 0.05) is 4.47 Å². The van der Waals surface area contributed by atoms with Crippen LogP contribution in [0, 0.1) is 0 Å². The number of nitrogen functional groups attached to an aromatic ring is 2. The number of methoxy groups -OCH3 is 1. The number of rotatable bonds is 2. The van der Waals surface area contributed by atoms with Crippen molar-refractivity contribution >= 4 is 33.3 Å². The average Bonchev–Trinajstić information content (AvgIpc) is 2.19. The minimum Gasteiger partial charge on any atom is -0.469 e. The highest BCUT2D eigenvalue weighted by atomic mass is 79.9. The maximum atomic E-state index is 11.0. The van der Waals surface area contributed by atoms with Gasteiger partial charge in [0.15, 0.2) is 0 Å². The number of benzene rings is 1. The van der Waals surface area contributed by atoms with E-state index in [1.165, 1.54) is 7.11 Å². The van der Waals surface area contributed by atoms with Crippen LogP contribution in [0.1, 0.15) is 5.56 Å². The van der Waals surface area contributed by atoms with Gasteiger partial charge < -0.3 is 16.2 Å². The molecule has 5 heteroatoms. The lowest BCUT2D eigenvalue weighted by Gasteiger charge is -2.07. The third kappa shape index (κ3) is 2.17. The average molecular weight is 259 g/mol. The number of nitrogens with two attached hydrogens (primary N) is 2. The van der Waals surface area contributed by atoms with Crippen molar-refractivity contribution in [3.63, 3.8) is 0 Å². The quantitative estimate of drug-likeness (QED) is 0.620. The Balaban J connectivity index is 3.00. The first-order valence-electron chi connectivity index (χ1n) is 3.95. The van der Waals surface area contributed by atoms with Crippen LogP contribution in [0.15, 0.2) is 16.6 Å². The largest absolute Gasteiger partial charge is 0.469 e. The lowest BCUT2D eigenvalue weighted by Crippen LogP contribution is -2.06. The van der Waals surface area contributed by atoms with Crippen molar-refractivity contribution in [2.75, 3.05) is 18.6 Å². The zero-order valence-electron chi connectivity index (χ0n) is 7.71. The van der Waals surface area contributed by atoms with Gasteiger partial charge >= 0.3 is 5.97 Å². The fourth-order valence-corrected chi connectivity index (χ4v) is 1.52. The van der Waals surface area contributed by atoms with Crippen LogP contribution >= 0.6 is 15.9 Å². The van der Waals surface area contributed by atoms with E-state index in [0.29, 0.717) is 15.8 Å². The molecule has 4 N–H and O–H groups in total. The number of esters is 1. The van der Waals surface area contributed by atoms with Crippen LogP contribution in [0.4, 0.5) is 11.4 Å². The van der Waals surface area contributed by atoms with Gasteiger partial charge in [0.2, 0.25) is 0 Å². The number of hydrogen-bond donors (Lipinski definition) is 2. The summed E-state index contributed by atoms with van der Waals surface area (Å²) < 4.78 is 5.20. The Kier molecular flexibility index (Phi) is 3.35. The maximum Gasteiger partial charge on any atom is 0.310 e. The van der Waals surface area contributed by atoms with Crippen LogP contribution in [0.25, 0.3) is 0 Å². The molecule has 0 saturated heterocycles. The van der Waals surface area contributed by atoms with E-state index >= 15 is 0 Å². The van der Waals surface area contributed by atoms with Gasteiger partial charge in [0.25, 0.3) is 0 Å². The molecule has 0 spiro atoms. The first-order valence-corrected chi connectivity index (χ1v) is 4.74. The summed E-state index contributed by atoms with van der Waals surface area (Å²) in [4.78, 5) is 11.0. The normalized spacial score (nSPS) is 9.86. The molecule has 76 valence electrons. The van der Waals surface area contributed by atoms with Crippen molar-refractivity contribution in [1.82, 2.24) is 0 Å². The van der Waals surface area contributed by atoms with Crippen LogP contribution in [0.5, 0.6) is 0 Å². The topological polar surface area (TPSA) is 78.3 Å². The summed E-state index contributed by atoms with van der Waals surface area (Å²) in [6.07, 6.45) is 0.182. The molecule has 14 heavy (non-hydrogen) atoms. The smallest absolute Gasteiger partial charge is 0.310 e. The van der Waals surface area contributed by atoms with Gasteiger partial charge in [0.1, 0.15) is 0 Å². The van der Waals surface area contributed by atoms with Crippen molar-refractivity contribution in [3.05, 3.63) is 22.2 Å². The van der Waals surface area contributed by atoms with E-state index in [2.05, 4.69) is 20.7 Å². The minimum atomic E-state index is -0.310. The molecule has 0 saturated carbocycles. The van der Waals surface area contributed by atoms with Gasteiger partial charge in [-0.15, -0.1) is 0 Å². The molecule has 1 rings (SSSR count). The highest BCUT2D eigenvalue weighted by molar-refractivity contribution is 9.10. The lowest BCUT2D eigenvalue weighted by atomic mass is 10.1. The number of carbonyl (C=O) groups excluding carboxylic acids is 1. The SMILES string of the molecule is COC(=O)Cc1ccc(N)c(N)c1Br. The van der Waals surface area contributed by atoms with E-state index < -0.39 is 0 Å². The predicted octanol–water partition coefficient (Wildman–Crippen LogP) is 1.33. The minimum absolute atomic E-state index is 0.182. The van der Waals surface area contributed by atoms with Crippen molar-refractivity contribution in [2.24, 2.45) is 0 Å². The Morgan fingerprint density at radius 3 is 2.71 bits per heavy atom. The van der Waals surface area contributed by atoms with Crippen LogP contribution in [-0.2, 0) is 16.0 Å². The van der Waals surface area contributed by atoms with E-state index in [0.717, 1.165) is 5.56 Å². The molecular formula is C9H11BrN2O2. The third-order valence-electron chi connectivity index (χ3n) is 1.86. The van der Waals surface area contributed by atoms with Crippen molar-refractivity contribution in [3.8, 4) is 0 Å². The molecule has 0 aliphatic carbocycles. The van der Waals surface area contributed by atoms with E-state index in [1.54, 1.807) is 12.1 Å². The molecule has 0 unspecified atom stereocenters. The Morgan fingerprint density at radius 1 is 1.50 bits per heavy atom. The van der Waals surface area contributed by atoms with Gasteiger partial charge in [-0.3, -0.25) is 4.79 Å². The fourth-order valence-electron chi connectivity index (χ4n) is 1.02. The molecular weight excluding hydrogens is 248 g/mol. The molecule has 0 aliphatic rings. The Bertz CT molecular complexity index is 366. The van der Waals surface area contributed by atoms with Crippen LogP contribution in [0.2, 0.25) is 0 Å². The zero-order valence-corrected chi connectivity index (χ0v) is 9.30. The lowest BCUT2D eigenvalue weighted by molar-refractivity contribution is -0.139. The van der Waals surface area contributed by atoms with E-state index in [4.69, 9.17) is 11.5 Å². The predicted molar refractivity (Wildman–Crippen MR) is 58.7 cm³/mol. The Labute approximate surface area is 90.3 Å². The van der Waals surface area contributed by atoms with Crippen LogP contribution in [0.3, 0.4) is 0 Å². The van der Waals surface area contributed by atoms with E-state index in [-0.39, 0.29) is 12.4 Å². The molecule has 0 atom stereocenters. The standard InChI is InChI=1S/C9H11BrN2O2/c1-14-7(13)4-5-2-3-6(11)9(12)8(5)10/h2-3H,4,11-12H2,1H3. The van der Waals surface area contributed by atoms with Gasteiger partial charge in [-0.2, -0.15) is 0 Å². The van der Waals surface area contributed by atoms with Gasteiger partial charge in [-0.05, 0) is 27.6 Å². The molecule has 0 radical (unpaired) electrons. The molecule has 0 bridgehead atoms. The first-order chi connectivity index (χ1) is 6.56. The van der Waals surface area contributed by atoms with E-state index in [1.807, 2.05) is 0 Å². The van der Waals surface area contributed by atoms with Gasteiger partial charge in [-0.1, -0.05) is 6.07 Å². The van der Waals surface area contributed by atoms with Crippen molar-refractivity contribution < 1.29 is 9.53 Å².